The average Bonchev–Trinajstić information content (AvgIpc) is 2.79. The zero-order chi connectivity index (χ0) is 11.9. The van der Waals surface area contributed by atoms with Gasteiger partial charge >= 0.3 is 0 Å². The summed E-state index contributed by atoms with van der Waals surface area (Å²) in [5, 5.41) is 0. The Hall–Kier alpha value is -1.09. The number of ether oxygens (including phenoxy) is 1. The molecule has 1 fully saturated rings. The van der Waals surface area contributed by atoms with Crippen molar-refractivity contribution in [3.05, 3.63) is 29.6 Å². The molecule has 0 amide bonds. The molecule has 2 nitrogen and oxygen atoms in total. The summed E-state index contributed by atoms with van der Waals surface area (Å²) in [7, 11) is 1.57. The number of nitrogens with two attached hydrogens (primary N) is 1. The van der Waals surface area contributed by atoms with Crippen LogP contribution in [0.5, 0.6) is 5.75 Å². The molecule has 0 saturated heterocycles. The van der Waals surface area contributed by atoms with Gasteiger partial charge < -0.3 is 10.5 Å². The average molecular weight is 223 g/mol. The number of methoxy groups -OCH3 is 1. The van der Waals surface area contributed by atoms with E-state index in [2.05, 4.69) is 13.8 Å². The van der Waals surface area contributed by atoms with Crippen molar-refractivity contribution in [2.75, 3.05) is 13.7 Å². The highest BCUT2D eigenvalue weighted by atomic mass is 19.1. The van der Waals surface area contributed by atoms with Gasteiger partial charge in [0, 0.05) is 11.5 Å². The van der Waals surface area contributed by atoms with Gasteiger partial charge in [-0.2, -0.15) is 0 Å². The van der Waals surface area contributed by atoms with Crippen molar-refractivity contribution in [2.45, 2.75) is 19.8 Å². The Morgan fingerprint density at radius 1 is 1.44 bits per heavy atom. The van der Waals surface area contributed by atoms with Crippen LogP contribution in [-0.4, -0.2) is 13.7 Å². The molecular weight excluding hydrogens is 205 g/mol. The van der Waals surface area contributed by atoms with E-state index in [1.165, 1.54) is 6.07 Å². The number of hydrogen-bond acceptors (Lipinski definition) is 2. The molecule has 0 aliphatic heterocycles. The standard InChI is InChI=1S/C13H18FNO/c1-13(2)8(7-15)12(13)11-9(14)5-4-6-10(11)16-3/h4-6,8,12H,7,15H2,1-3H3/t8-,12+/m0/s1. The van der Waals surface area contributed by atoms with Crippen molar-refractivity contribution >= 4 is 0 Å². The van der Waals surface area contributed by atoms with Gasteiger partial charge in [0.2, 0.25) is 0 Å². The summed E-state index contributed by atoms with van der Waals surface area (Å²) in [6, 6.07) is 4.96. The maximum Gasteiger partial charge on any atom is 0.130 e. The molecular formula is C13H18FNO. The molecule has 1 aliphatic carbocycles. The quantitative estimate of drug-likeness (QED) is 0.854. The second-order valence-corrected chi connectivity index (χ2v) is 5.00. The summed E-state index contributed by atoms with van der Waals surface area (Å²) in [6.45, 7) is 4.84. The first-order valence-corrected chi connectivity index (χ1v) is 5.56. The maximum absolute atomic E-state index is 13.9. The Morgan fingerprint density at radius 3 is 2.62 bits per heavy atom. The van der Waals surface area contributed by atoms with E-state index < -0.39 is 0 Å². The van der Waals surface area contributed by atoms with Gasteiger partial charge in [-0.25, -0.2) is 4.39 Å². The largest absolute Gasteiger partial charge is 0.496 e. The van der Waals surface area contributed by atoms with Crippen molar-refractivity contribution in [1.82, 2.24) is 0 Å². The molecule has 2 N–H and O–H groups in total. The van der Waals surface area contributed by atoms with Crippen LogP contribution >= 0.6 is 0 Å². The van der Waals surface area contributed by atoms with Crippen molar-refractivity contribution in [3.8, 4) is 5.75 Å². The van der Waals surface area contributed by atoms with Gasteiger partial charge in [-0.05, 0) is 30.0 Å². The lowest BCUT2D eigenvalue weighted by Gasteiger charge is -2.10. The Kier molecular flexibility index (Phi) is 2.66. The predicted octanol–water partition coefficient (Wildman–Crippen LogP) is 2.53. The first-order valence-electron chi connectivity index (χ1n) is 5.56. The molecule has 0 radical (unpaired) electrons. The van der Waals surface area contributed by atoms with Gasteiger partial charge in [-0.3, -0.25) is 0 Å². The molecule has 1 saturated carbocycles. The van der Waals surface area contributed by atoms with Crippen LogP contribution in [0.15, 0.2) is 18.2 Å². The monoisotopic (exact) mass is 223 g/mol. The minimum Gasteiger partial charge on any atom is -0.496 e. The van der Waals surface area contributed by atoms with Crippen LogP contribution in [0, 0.1) is 17.2 Å². The third-order valence-electron chi connectivity index (χ3n) is 3.85. The van der Waals surface area contributed by atoms with E-state index in [0.29, 0.717) is 23.8 Å². The first-order chi connectivity index (χ1) is 7.54. The smallest absolute Gasteiger partial charge is 0.130 e. The Balaban J connectivity index is 2.42. The van der Waals surface area contributed by atoms with Crippen LogP contribution in [0.25, 0.3) is 0 Å². The summed E-state index contributed by atoms with van der Waals surface area (Å²) in [6.07, 6.45) is 0. The summed E-state index contributed by atoms with van der Waals surface area (Å²) in [5.74, 6) is 0.967. The van der Waals surface area contributed by atoms with Crippen molar-refractivity contribution in [2.24, 2.45) is 17.1 Å². The molecule has 16 heavy (non-hydrogen) atoms. The van der Waals surface area contributed by atoms with Crippen LogP contribution in [0.1, 0.15) is 25.3 Å². The van der Waals surface area contributed by atoms with Gasteiger partial charge in [-0.15, -0.1) is 0 Å². The zero-order valence-electron chi connectivity index (χ0n) is 9.96. The van der Waals surface area contributed by atoms with Crippen LogP contribution in [-0.2, 0) is 0 Å². The minimum absolute atomic E-state index is 0.0736. The van der Waals surface area contributed by atoms with Crippen molar-refractivity contribution in [3.63, 3.8) is 0 Å². The van der Waals surface area contributed by atoms with Gasteiger partial charge in [0.1, 0.15) is 11.6 Å². The molecule has 0 spiro atoms. The summed E-state index contributed by atoms with van der Waals surface area (Å²) in [5.41, 5.74) is 6.47. The second kappa shape index (κ2) is 3.74. The van der Waals surface area contributed by atoms with E-state index >= 15 is 0 Å². The molecule has 0 heterocycles. The second-order valence-electron chi connectivity index (χ2n) is 5.00. The fourth-order valence-electron chi connectivity index (χ4n) is 2.75. The molecule has 2 rings (SSSR count). The number of rotatable bonds is 3. The van der Waals surface area contributed by atoms with Crippen LogP contribution in [0.2, 0.25) is 0 Å². The minimum atomic E-state index is -0.187. The lowest BCUT2D eigenvalue weighted by molar-refractivity contribution is 0.402. The summed E-state index contributed by atoms with van der Waals surface area (Å²) in [4.78, 5) is 0. The summed E-state index contributed by atoms with van der Waals surface area (Å²) >= 11 is 0. The van der Waals surface area contributed by atoms with E-state index in [-0.39, 0.29) is 17.2 Å². The number of hydrogen-bond donors (Lipinski definition) is 1. The molecule has 1 aliphatic rings. The summed E-state index contributed by atoms with van der Waals surface area (Å²) < 4.78 is 19.1. The van der Waals surface area contributed by atoms with E-state index in [0.717, 1.165) is 0 Å². The van der Waals surface area contributed by atoms with Crippen LogP contribution in [0.4, 0.5) is 4.39 Å². The molecule has 3 heteroatoms. The molecule has 0 bridgehead atoms. The number of benzene rings is 1. The Morgan fingerprint density at radius 2 is 2.12 bits per heavy atom. The Labute approximate surface area is 95.6 Å². The number of halogens is 1. The molecule has 0 unspecified atom stereocenters. The van der Waals surface area contributed by atoms with Gasteiger partial charge in [0.05, 0.1) is 7.11 Å². The van der Waals surface area contributed by atoms with Crippen LogP contribution in [0.3, 0.4) is 0 Å². The molecule has 1 aromatic carbocycles. The van der Waals surface area contributed by atoms with E-state index in [4.69, 9.17) is 10.5 Å². The highest BCUT2D eigenvalue weighted by molar-refractivity contribution is 5.43. The van der Waals surface area contributed by atoms with Crippen molar-refractivity contribution < 1.29 is 9.13 Å². The lowest BCUT2D eigenvalue weighted by Crippen LogP contribution is -2.05. The van der Waals surface area contributed by atoms with Gasteiger partial charge in [-0.1, -0.05) is 19.9 Å². The first kappa shape index (κ1) is 11.4. The predicted molar refractivity (Wildman–Crippen MR) is 62.0 cm³/mol. The molecule has 2 atom stereocenters. The molecule has 1 aromatic rings. The van der Waals surface area contributed by atoms with Crippen molar-refractivity contribution in [1.29, 1.82) is 0 Å². The highest BCUT2D eigenvalue weighted by Crippen LogP contribution is 2.65. The van der Waals surface area contributed by atoms with Gasteiger partial charge in [0.15, 0.2) is 0 Å². The third kappa shape index (κ3) is 1.50. The fourth-order valence-corrected chi connectivity index (χ4v) is 2.75. The molecule has 0 aromatic heterocycles. The lowest BCUT2D eigenvalue weighted by atomic mass is 10.0. The SMILES string of the molecule is COc1cccc(F)c1[C@H]1[C@H](CN)C1(C)C. The van der Waals surface area contributed by atoms with Crippen LogP contribution < -0.4 is 10.5 Å². The van der Waals surface area contributed by atoms with E-state index in [1.807, 2.05) is 0 Å². The van der Waals surface area contributed by atoms with E-state index in [1.54, 1.807) is 19.2 Å². The Bertz CT molecular complexity index is 403. The van der Waals surface area contributed by atoms with E-state index in [9.17, 15) is 4.39 Å². The maximum atomic E-state index is 13.9. The molecule has 88 valence electrons. The van der Waals surface area contributed by atoms with Gasteiger partial charge in [0.25, 0.3) is 0 Å². The third-order valence-corrected chi connectivity index (χ3v) is 3.85. The topological polar surface area (TPSA) is 35.2 Å². The highest BCUT2D eigenvalue weighted by Gasteiger charge is 2.59. The normalized spacial score (nSPS) is 26.6. The zero-order valence-corrected chi connectivity index (χ0v) is 9.96. The fraction of sp³-hybridized carbons (Fsp3) is 0.538.